The number of benzene rings is 2. The molecule has 0 spiro atoms. The van der Waals surface area contributed by atoms with Crippen LogP contribution < -0.4 is 11.1 Å². The minimum absolute atomic E-state index is 0.264. The molecule has 0 saturated carbocycles. The van der Waals surface area contributed by atoms with Gasteiger partial charge in [-0.2, -0.15) is 0 Å². The summed E-state index contributed by atoms with van der Waals surface area (Å²) in [5.74, 6) is -0.264. The van der Waals surface area contributed by atoms with Crippen molar-refractivity contribution >= 4 is 17.3 Å². The van der Waals surface area contributed by atoms with Crippen LogP contribution >= 0.6 is 0 Å². The molecule has 0 radical (unpaired) electrons. The van der Waals surface area contributed by atoms with E-state index in [2.05, 4.69) is 17.2 Å². The number of amides is 1. The summed E-state index contributed by atoms with van der Waals surface area (Å²) < 4.78 is 0. The van der Waals surface area contributed by atoms with Crippen molar-refractivity contribution in [2.45, 2.75) is 19.8 Å². The van der Waals surface area contributed by atoms with Crippen LogP contribution in [0.1, 0.15) is 29.4 Å². The second kappa shape index (κ2) is 7.62. The Kier molecular flexibility index (Phi) is 5.09. The number of nitrogens with one attached hydrogen (secondary N) is 1. The molecule has 0 aliphatic carbocycles. The second-order valence-electron chi connectivity index (χ2n) is 5.92. The van der Waals surface area contributed by atoms with Crippen molar-refractivity contribution < 1.29 is 4.79 Å². The number of carbonyl (C=O) groups is 1. The Labute approximate surface area is 147 Å². The molecule has 0 bridgehead atoms. The summed E-state index contributed by atoms with van der Waals surface area (Å²) in [5.41, 5.74) is 10.7. The summed E-state index contributed by atoms with van der Waals surface area (Å²) in [6.45, 7) is 2.11. The molecular weight excluding hydrogens is 310 g/mol. The molecule has 1 amide bonds. The Hall–Kier alpha value is -3.14. The fraction of sp³-hybridized carbons (Fsp3) is 0.143. The number of nitrogen functional groups attached to an aromatic ring is 1. The van der Waals surface area contributed by atoms with Crippen LogP contribution in [0.4, 0.5) is 11.4 Å². The van der Waals surface area contributed by atoms with Gasteiger partial charge in [0.25, 0.3) is 5.91 Å². The molecule has 3 aromatic rings. The van der Waals surface area contributed by atoms with Crippen LogP contribution in [0.5, 0.6) is 0 Å². The van der Waals surface area contributed by atoms with Gasteiger partial charge in [0.1, 0.15) is 5.69 Å². The Morgan fingerprint density at radius 1 is 1.04 bits per heavy atom. The van der Waals surface area contributed by atoms with E-state index in [1.54, 1.807) is 18.3 Å². The molecule has 1 heterocycles. The molecule has 0 aliphatic rings. The van der Waals surface area contributed by atoms with E-state index in [0.717, 1.165) is 29.5 Å². The lowest BCUT2D eigenvalue weighted by Gasteiger charge is -2.11. The van der Waals surface area contributed by atoms with Crippen LogP contribution in [0.15, 0.2) is 66.9 Å². The minimum Gasteiger partial charge on any atom is -0.397 e. The minimum atomic E-state index is -0.264. The highest BCUT2D eigenvalue weighted by molar-refractivity contribution is 6.04. The molecule has 4 heteroatoms. The van der Waals surface area contributed by atoms with Crippen LogP contribution in [-0.4, -0.2) is 10.9 Å². The van der Waals surface area contributed by atoms with Crippen LogP contribution in [0.3, 0.4) is 0 Å². The quantitative estimate of drug-likeness (QED) is 0.675. The summed E-state index contributed by atoms with van der Waals surface area (Å²) >= 11 is 0. The van der Waals surface area contributed by atoms with Gasteiger partial charge in [-0.05, 0) is 41.3 Å². The maximum Gasteiger partial charge on any atom is 0.274 e. The Bertz CT molecular complexity index is 858. The first-order chi connectivity index (χ1) is 12.2. The van der Waals surface area contributed by atoms with Gasteiger partial charge in [0.15, 0.2) is 0 Å². The third-order valence-corrected chi connectivity index (χ3v) is 4.00. The van der Waals surface area contributed by atoms with Crippen LogP contribution in [-0.2, 0) is 6.42 Å². The van der Waals surface area contributed by atoms with Gasteiger partial charge >= 0.3 is 0 Å². The first kappa shape index (κ1) is 16.7. The van der Waals surface area contributed by atoms with E-state index >= 15 is 0 Å². The van der Waals surface area contributed by atoms with Crippen molar-refractivity contribution in [3.63, 3.8) is 0 Å². The van der Waals surface area contributed by atoms with Crippen LogP contribution in [0, 0.1) is 0 Å². The summed E-state index contributed by atoms with van der Waals surface area (Å²) in [7, 11) is 0. The van der Waals surface area contributed by atoms with Crippen molar-refractivity contribution in [3.05, 3.63) is 78.1 Å². The summed E-state index contributed by atoms with van der Waals surface area (Å²) in [5, 5.41) is 2.86. The van der Waals surface area contributed by atoms with Crippen molar-refractivity contribution in [1.82, 2.24) is 4.98 Å². The molecule has 0 aliphatic heterocycles. The molecule has 3 rings (SSSR count). The number of hydrogen-bond acceptors (Lipinski definition) is 3. The average molecular weight is 331 g/mol. The van der Waals surface area contributed by atoms with Gasteiger partial charge in [0.2, 0.25) is 0 Å². The molecule has 25 heavy (non-hydrogen) atoms. The third-order valence-electron chi connectivity index (χ3n) is 4.00. The first-order valence-electron chi connectivity index (χ1n) is 8.38. The molecule has 2 aromatic carbocycles. The van der Waals surface area contributed by atoms with Gasteiger partial charge in [0.05, 0.1) is 11.4 Å². The predicted molar refractivity (Wildman–Crippen MR) is 102 cm³/mol. The van der Waals surface area contributed by atoms with E-state index in [1.807, 2.05) is 48.5 Å². The Morgan fingerprint density at radius 3 is 2.52 bits per heavy atom. The molecule has 126 valence electrons. The zero-order valence-electron chi connectivity index (χ0n) is 14.2. The fourth-order valence-electron chi connectivity index (χ4n) is 2.66. The molecule has 0 fully saturated rings. The van der Waals surface area contributed by atoms with Gasteiger partial charge in [-0.1, -0.05) is 55.8 Å². The van der Waals surface area contributed by atoms with E-state index in [-0.39, 0.29) is 5.91 Å². The topological polar surface area (TPSA) is 68.0 Å². The highest BCUT2D eigenvalue weighted by Gasteiger charge is 2.10. The summed E-state index contributed by atoms with van der Waals surface area (Å²) in [6, 6.07) is 19.3. The lowest BCUT2D eigenvalue weighted by atomic mass is 10.0. The SMILES string of the molecule is CCCc1ccc(C(=O)Nc2cc(-c3ccccc3)ccc2N)nc1. The molecular formula is C21H21N3O. The number of aromatic nitrogens is 1. The van der Waals surface area contributed by atoms with Gasteiger partial charge in [0, 0.05) is 6.20 Å². The molecule has 0 saturated heterocycles. The number of rotatable bonds is 5. The lowest BCUT2D eigenvalue weighted by molar-refractivity contribution is 0.102. The van der Waals surface area contributed by atoms with Crippen LogP contribution in [0.2, 0.25) is 0 Å². The van der Waals surface area contributed by atoms with Gasteiger partial charge in [-0.3, -0.25) is 9.78 Å². The number of nitrogens with zero attached hydrogens (tertiary/aromatic N) is 1. The number of pyridine rings is 1. The smallest absolute Gasteiger partial charge is 0.274 e. The lowest BCUT2D eigenvalue weighted by Crippen LogP contribution is -2.15. The zero-order valence-corrected chi connectivity index (χ0v) is 14.2. The fourth-order valence-corrected chi connectivity index (χ4v) is 2.66. The van der Waals surface area contributed by atoms with Crippen molar-refractivity contribution in [2.75, 3.05) is 11.1 Å². The molecule has 4 nitrogen and oxygen atoms in total. The molecule has 0 unspecified atom stereocenters. The van der Waals surface area contributed by atoms with Crippen molar-refractivity contribution in [1.29, 1.82) is 0 Å². The number of aryl methyl sites for hydroxylation is 1. The van der Waals surface area contributed by atoms with E-state index in [4.69, 9.17) is 5.73 Å². The number of anilines is 2. The summed E-state index contributed by atoms with van der Waals surface area (Å²) in [4.78, 5) is 16.7. The number of nitrogens with two attached hydrogens (primary N) is 1. The summed E-state index contributed by atoms with van der Waals surface area (Å²) in [6.07, 6.45) is 3.76. The van der Waals surface area contributed by atoms with E-state index in [9.17, 15) is 4.79 Å². The van der Waals surface area contributed by atoms with Crippen molar-refractivity contribution in [2.24, 2.45) is 0 Å². The molecule has 1 aromatic heterocycles. The zero-order chi connectivity index (χ0) is 17.6. The van der Waals surface area contributed by atoms with E-state index in [0.29, 0.717) is 17.1 Å². The van der Waals surface area contributed by atoms with Gasteiger partial charge < -0.3 is 11.1 Å². The predicted octanol–water partition coefficient (Wildman–Crippen LogP) is 4.54. The van der Waals surface area contributed by atoms with Gasteiger partial charge in [-0.25, -0.2) is 0 Å². The van der Waals surface area contributed by atoms with Crippen LogP contribution in [0.25, 0.3) is 11.1 Å². The molecule has 3 N–H and O–H groups in total. The standard InChI is InChI=1S/C21H21N3O/c1-2-6-15-9-12-19(23-14-15)21(25)24-20-13-17(10-11-18(20)22)16-7-4-3-5-8-16/h3-5,7-14H,2,6,22H2,1H3,(H,24,25). The first-order valence-corrected chi connectivity index (χ1v) is 8.38. The largest absolute Gasteiger partial charge is 0.397 e. The highest BCUT2D eigenvalue weighted by Crippen LogP contribution is 2.27. The third kappa shape index (κ3) is 4.04. The highest BCUT2D eigenvalue weighted by atomic mass is 16.1. The van der Waals surface area contributed by atoms with Gasteiger partial charge in [-0.15, -0.1) is 0 Å². The number of hydrogen-bond donors (Lipinski definition) is 2. The second-order valence-corrected chi connectivity index (χ2v) is 5.92. The maximum absolute atomic E-state index is 12.5. The molecule has 0 atom stereocenters. The number of carbonyl (C=O) groups excluding carboxylic acids is 1. The normalized spacial score (nSPS) is 10.4. The maximum atomic E-state index is 12.5. The van der Waals surface area contributed by atoms with Crippen molar-refractivity contribution in [3.8, 4) is 11.1 Å². The monoisotopic (exact) mass is 331 g/mol. The van der Waals surface area contributed by atoms with E-state index in [1.165, 1.54) is 0 Å². The van der Waals surface area contributed by atoms with E-state index < -0.39 is 0 Å². The average Bonchev–Trinajstić information content (AvgIpc) is 2.65. The Balaban J connectivity index is 1.81. The Morgan fingerprint density at radius 2 is 1.84 bits per heavy atom.